The molecule has 150 valence electrons. The van der Waals surface area contributed by atoms with Gasteiger partial charge in [-0.25, -0.2) is 4.39 Å². The van der Waals surface area contributed by atoms with Gasteiger partial charge in [-0.1, -0.05) is 44.2 Å². The van der Waals surface area contributed by atoms with Crippen molar-refractivity contribution in [3.05, 3.63) is 65.0 Å². The van der Waals surface area contributed by atoms with Crippen LogP contribution in [0.4, 0.5) is 10.1 Å². The minimum atomic E-state index is -0.258. The molecule has 0 atom stereocenters. The highest BCUT2D eigenvalue weighted by atomic mass is 19.1. The molecule has 2 aromatic carbocycles. The third-order valence-corrected chi connectivity index (χ3v) is 5.75. The molecule has 2 aromatic rings. The molecule has 1 aliphatic rings. The Morgan fingerprint density at radius 1 is 1.14 bits per heavy atom. The predicted octanol–water partition coefficient (Wildman–Crippen LogP) is 5.28. The number of likely N-dealkylation sites (tertiary alicyclic amines) is 1. The van der Waals surface area contributed by atoms with E-state index in [0.717, 1.165) is 32.5 Å². The monoisotopic (exact) mass is 382 g/mol. The first-order valence-corrected chi connectivity index (χ1v) is 10.2. The van der Waals surface area contributed by atoms with Gasteiger partial charge in [-0.3, -0.25) is 9.69 Å². The lowest BCUT2D eigenvalue weighted by Gasteiger charge is -2.38. The lowest BCUT2D eigenvalue weighted by atomic mass is 9.99. The first-order chi connectivity index (χ1) is 13.3. The van der Waals surface area contributed by atoms with Crippen LogP contribution in [0.15, 0.2) is 42.5 Å². The minimum Gasteiger partial charge on any atom is -0.309 e. The number of carbonyl (C=O) groups is 1. The van der Waals surface area contributed by atoms with Crippen molar-refractivity contribution in [2.24, 2.45) is 0 Å². The van der Waals surface area contributed by atoms with Crippen molar-refractivity contribution in [3.63, 3.8) is 0 Å². The van der Waals surface area contributed by atoms with E-state index in [1.54, 1.807) is 24.8 Å². The number of amides is 1. The Hall–Kier alpha value is -2.20. The van der Waals surface area contributed by atoms with Crippen molar-refractivity contribution in [2.45, 2.75) is 59.0 Å². The maximum atomic E-state index is 14.0. The SMILES string of the molecule is CC(=O)N(c1ccc(C)c(F)c1)C1CCN(Cc2ccc(C(C)C)cc2)CC1. The second kappa shape index (κ2) is 8.87. The van der Waals surface area contributed by atoms with Gasteiger partial charge in [-0.15, -0.1) is 0 Å². The molecule has 0 N–H and O–H groups in total. The van der Waals surface area contributed by atoms with Gasteiger partial charge in [-0.05, 0) is 54.5 Å². The maximum absolute atomic E-state index is 14.0. The Labute approximate surface area is 168 Å². The number of benzene rings is 2. The van der Waals surface area contributed by atoms with E-state index in [2.05, 4.69) is 43.0 Å². The molecule has 1 aliphatic heterocycles. The summed E-state index contributed by atoms with van der Waals surface area (Å²) in [6.45, 7) is 10.5. The van der Waals surface area contributed by atoms with E-state index in [1.165, 1.54) is 17.2 Å². The number of hydrogen-bond acceptors (Lipinski definition) is 2. The molecule has 0 unspecified atom stereocenters. The minimum absolute atomic E-state index is 0.0222. The summed E-state index contributed by atoms with van der Waals surface area (Å²) >= 11 is 0. The van der Waals surface area contributed by atoms with Crippen molar-refractivity contribution in [1.82, 2.24) is 4.90 Å². The number of hydrogen-bond donors (Lipinski definition) is 0. The molecule has 1 heterocycles. The van der Waals surface area contributed by atoms with Gasteiger partial charge in [0.25, 0.3) is 0 Å². The molecule has 0 aliphatic carbocycles. The van der Waals surface area contributed by atoms with Crippen molar-refractivity contribution in [3.8, 4) is 0 Å². The molecule has 1 saturated heterocycles. The Morgan fingerprint density at radius 3 is 2.32 bits per heavy atom. The van der Waals surface area contributed by atoms with Crippen LogP contribution in [0, 0.1) is 12.7 Å². The van der Waals surface area contributed by atoms with E-state index in [0.29, 0.717) is 17.2 Å². The molecule has 3 nitrogen and oxygen atoms in total. The van der Waals surface area contributed by atoms with Gasteiger partial charge in [0, 0.05) is 38.3 Å². The second-order valence-electron chi connectivity index (χ2n) is 8.23. The fourth-order valence-electron chi connectivity index (χ4n) is 3.98. The lowest BCUT2D eigenvalue weighted by Crippen LogP contribution is -2.46. The Kier molecular flexibility index (Phi) is 6.50. The summed E-state index contributed by atoms with van der Waals surface area (Å²) < 4.78 is 14.0. The zero-order valence-electron chi connectivity index (χ0n) is 17.4. The van der Waals surface area contributed by atoms with Crippen LogP contribution in [0.1, 0.15) is 56.2 Å². The third-order valence-electron chi connectivity index (χ3n) is 5.75. The molecular formula is C24H31FN2O. The number of aryl methyl sites for hydroxylation is 1. The van der Waals surface area contributed by atoms with Crippen LogP contribution in [-0.4, -0.2) is 29.9 Å². The van der Waals surface area contributed by atoms with Crippen LogP contribution in [-0.2, 0) is 11.3 Å². The van der Waals surface area contributed by atoms with Gasteiger partial charge in [0.05, 0.1) is 0 Å². The van der Waals surface area contributed by atoms with E-state index < -0.39 is 0 Å². The van der Waals surface area contributed by atoms with Gasteiger partial charge < -0.3 is 4.90 Å². The number of piperidine rings is 1. The molecule has 0 radical (unpaired) electrons. The second-order valence-corrected chi connectivity index (χ2v) is 8.23. The lowest BCUT2D eigenvalue weighted by molar-refractivity contribution is -0.117. The van der Waals surface area contributed by atoms with Crippen molar-refractivity contribution < 1.29 is 9.18 Å². The number of anilines is 1. The van der Waals surface area contributed by atoms with E-state index in [-0.39, 0.29) is 17.8 Å². The summed E-state index contributed by atoms with van der Waals surface area (Å²) in [6.07, 6.45) is 1.80. The fraction of sp³-hybridized carbons (Fsp3) is 0.458. The molecule has 0 aromatic heterocycles. The number of halogens is 1. The van der Waals surface area contributed by atoms with Crippen LogP contribution in [0.2, 0.25) is 0 Å². The van der Waals surface area contributed by atoms with Crippen LogP contribution in [0.25, 0.3) is 0 Å². The van der Waals surface area contributed by atoms with Gasteiger partial charge in [0.1, 0.15) is 5.82 Å². The van der Waals surface area contributed by atoms with Crippen LogP contribution in [0.5, 0.6) is 0 Å². The zero-order chi connectivity index (χ0) is 20.3. The normalized spacial score (nSPS) is 15.8. The highest BCUT2D eigenvalue weighted by molar-refractivity contribution is 5.92. The molecule has 0 spiro atoms. The standard InChI is InChI=1S/C24H31FN2O/c1-17(2)21-8-6-20(7-9-21)16-26-13-11-22(12-14-26)27(19(4)28)23-10-5-18(3)24(25)15-23/h5-10,15,17,22H,11-14,16H2,1-4H3. The number of carbonyl (C=O) groups excluding carboxylic acids is 1. The number of nitrogens with zero attached hydrogens (tertiary/aromatic N) is 2. The van der Waals surface area contributed by atoms with Crippen LogP contribution >= 0.6 is 0 Å². The fourth-order valence-corrected chi connectivity index (χ4v) is 3.98. The molecule has 0 saturated carbocycles. The smallest absolute Gasteiger partial charge is 0.224 e. The highest BCUT2D eigenvalue weighted by Gasteiger charge is 2.27. The summed E-state index contributed by atoms with van der Waals surface area (Å²) in [6, 6.07) is 14.1. The van der Waals surface area contributed by atoms with Crippen LogP contribution < -0.4 is 4.90 Å². The first kappa shape index (κ1) is 20.5. The van der Waals surface area contributed by atoms with Crippen molar-refractivity contribution in [1.29, 1.82) is 0 Å². The van der Waals surface area contributed by atoms with Crippen molar-refractivity contribution >= 4 is 11.6 Å². The zero-order valence-corrected chi connectivity index (χ0v) is 17.4. The van der Waals surface area contributed by atoms with Gasteiger partial charge >= 0.3 is 0 Å². The summed E-state index contributed by atoms with van der Waals surface area (Å²) in [5, 5.41) is 0. The molecule has 0 bridgehead atoms. The third kappa shape index (κ3) is 4.79. The summed E-state index contributed by atoms with van der Waals surface area (Å²) in [4.78, 5) is 16.5. The topological polar surface area (TPSA) is 23.6 Å². The van der Waals surface area contributed by atoms with Gasteiger partial charge in [0.15, 0.2) is 0 Å². The number of rotatable bonds is 5. The molecule has 4 heteroatoms. The van der Waals surface area contributed by atoms with E-state index in [9.17, 15) is 9.18 Å². The van der Waals surface area contributed by atoms with Gasteiger partial charge in [-0.2, -0.15) is 0 Å². The predicted molar refractivity (Wildman–Crippen MR) is 113 cm³/mol. The van der Waals surface area contributed by atoms with Crippen molar-refractivity contribution in [2.75, 3.05) is 18.0 Å². The largest absolute Gasteiger partial charge is 0.309 e. The van der Waals surface area contributed by atoms with Crippen LogP contribution in [0.3, 0.4) is 0 Å². The molecule has 3 rings (SSSR count). The van der Waals surface area contributed by atoms with E-state index >= 15 is 0 Å². The maximum Gasteiger partial charge on any atom is 0.224 e. The summed E-state index contributed by atoms with van der Waals surface area (Å²) in [5.41, 5.74) is 3.96. The molecule has 1 fully saturated rings. The first-order valence-electron chi connectivity index (χ1n) is 10.2. The average Bonchev–Trinajstić information content (AvgIpc) is 2.66. The molecule has 1 amide bonds. The summed E-state index contributed by atoms with van der Waals surface area (Å²) in [7, 11) is 0. The highest BCUT2D eigenvalue weighted by Crippen LogP contribution is 2.26. The Morgan fingerprint density at radius 2 is 1.79 bits per heavy atom. The Balaban J connectivity index is 1.62. The van der Waals surface area contributed by atoms with Gasteiger partial charge in [0.2, 0.25) is 5.91 Å². The van der Waals surface area contributed by atoms with E-state index in [1.807, 2.05) is 6.07 Å². The molecular weight excluding hydrogens is 351 g/mol. The van der Waals surface area contributed by atoms with E-state index in [4.69, 9.17) is 0 Å². The quantitative estimate of drug-likeness (QED) is 0.703. The summed E-state index contributed by atoms with van der Waals surface area (Å²) in [5.74, 6) is 0.269. The molecule has 28 heavy (non-hydrogen) atoms. The Bertz CT molecular complexity index is 808. The average molecular weight is 383 g/mol.